The van der Waals surface area contributed by atoms with Crippen LogP contribution in [0.25, 0.3) is 0 Å². The Labute approximate surface area is 229 Å². The summed E-state index contributed by atoms with van der Waals surface area (Å²) < 4.78 is 66.3. The van der Waals surface area contributed by atoms with Crippen LogP contribution in [-0.4, -0.2) is 18.2 Å². The topological polar surface area (TPSA) is 52.6 Å². The third-order valence-electron chi connectivity index (χ3n) is 6.31. The molecule has 0 N–H and O–H groups in total. The number of carbonyl (C=O) groups excluding carboxylic acids is 2. The Hall–Kier alpha value is -4.46. The molecule has 0 saturated carbocycles. The molecule has 0 heterocycles. The van der Waals surface area contributed by atoms with Crippen molar-refractivity contribution in [1.82, 2.24) is 0 Å². The summed E-state index contributed by atoms with van der Waals surface area (Å²) in [6, 6.07) is 23.5. The lowest BCUT2D eigenvalue weighted by atomic mass is 9.88. The maximum absolute atomic E-state index is 13.9. The van der Waals surface area contributed by atoms with E-state index in [2.05, 4.69) is 0 Å². The minimum atomic E-state index is -1.29. The summed E-state index contributed by atoms with van der Waals surface area (Å²) >= 11 is 0. The number of hydrogen-bond acceptors (Lipinski definition) is 4. The first kappa shape index (κ1) is 28.5. The predicted molar refractivity (Wildman–Crippen MR) is 140 cm³/mol. The van der Waals surface area contributed by atoms with Crippen molar-refractivity contribution in [3.05, 3.63) is 143 Å². The average molecular weight is 551 g/mol. The van der Waals surface area contributed by atoms with E-state index in [1.165, 1.54) is 6.92 Å². The van der Waals surface area contributed by atoms with E-state index >= 15 is 0 Å². The van der Waals surface area contributed by atoms with Crippen molar-refractivity contribution in [2.45, 2.75) is 37.9 Å². The van der Waals surface area contributed by atoms with Crippen LogP contribution in [0.3, 0.4) is 0 Å². The zero-order valence-corrected chi connectivity index (χ0v) is 21.5. The van der Waals surface area contributed by atoms with Gasteiger partial charge in [0.05, 0.1) is 12.8 Å². The van der Waals surface area contributed by atoms with Crippen LogP contribution in [0.4, 0.5) is 17.6 Å². The van der Waals surface area contributed by atoms with Gasteiger partial charge in [-0.1, -0.05) is 60.7 Å². The molecular formula is C32H26F4O4. The molecule has 0 fully saturated rings. The van der Waals surface area contributed by atoms with Crippen molar-refractivity contribution in [2.24, 2.45) is 0 Å². The normalized spacial score (nSPS) is 13.2. The van der Waals surface area contributed by atoms with Gasteiger partial charge in [0.2, 0.25) is 6.29 Å². The number of ether oxygens (including phenoxy) is 2. The summed E-state index contributed by atoms with van der Waals surface area (Å²) in [6.07, 6.45) is -1.84. The molecular weight excluding hydrogens is 524 g/mol. The molecule has 4 nitrogen and oxygen atoms in total. The number of esters is 2. The largest absolute Gasteiger partial charge is 0.425 e. The van der Waals surface area contributed by atoms with Crippen molar-refractivity contribution in [2.75, 3.05) is 0 Å². The lowest BCUT2D eigenvalue weighted by Crippen LogP contribution is -2.24. The van der Waals surface area contributed by atoms with Crippen molar-refractivity contribution in [3.8, 4) is 0 Å². The Balaban J connectivity index is 1.44. The summed E-state index contributed by atoms with van der Waals surface area (Å²) in [4.78, 5) is 25.6. The SMILES string of the molecule is CC(OC(=O)CC(c1ccccc1)c1cc(F)cc(F)c1)OC(=O)CC(c1ccccc1)c1cc(F)cc(F)c1. The van der Waals surface area contributed by atoms with Gasteiger partial charge in [0.15, 0.2) is 0 Å². The van der Waals surface area contributed by atoms with Crippen LogP contribution >= 0.6 is 0 Å². The van der Waals surface area contributed by atoms with Gasteiger partial charge in [0.1, 0.15) is 23.3 Å². The average Bonchev–Trinajstić information content (AvgIpc) is 2.90. The highest BCUT2D eigenvalue weighted by molar-refractivity contribution is 5.73. The molecule has 4 rings (SSSR count). The molecule has 40 heavy (non-hydrogen) atoms. The Kier molecular flexibility index (Phi) is 9.32. The van der Waals surface area contributed by atoms with Gasteiger partial charge >= 0.3 is 11.9 Å². The Morgan fingerprint density at radius 3 is 1.20 bits per heavy atom. The monoisotopic (exact) mass is 550 g/mol. The molecule has 0 aliphatic heterocycles. The summed E-state index contributed by atoms with van der Waals surface area (Å²) in [5.41, 5.74) is 1.78. The molecule has 2 unspecified atom stereocenters. The maximum atomic E-state index is 13.9. The van der Waals surface area contributed by atoms with Crippen LogP contribution in [0.15, 0.2) is 97.1 Å². The first-order valence-corrected chi connectivity index (χ1v) is 12.6. The number of hydrogen-bond donors (Lipinski definition) is 0. The van der Waals surface area contributed by atoms with Crippen LogP contribution < -0.4 is 0 Å². The van der Waals surface area contributed by atoms with Gasteiger partial charge in [0.25, 0.3) is 0 Å². The van der Waals surface area contributed by atoms with Crippen molar-refractivity contribution >= 4 is 11.9 Å². The zero-order valence-electron chi connectivity index (χ0n) is 21.5. The first-order chi connectivity index (χ1) is 19.2. The van der Waals surface area contributed by atoms with E-state index in [1.54, 1.807) is 60.7 Å². The van der Waals surface area contributed by atoms with Gasteiger partial charge in [-0.05, 0) is 46.5 Å². The van der Waals surface area contributed by atoms with Gasteiger partial charge in [0, 0.05) is 30.9 Å². The lowest BCUT2D eigenvalue weighted by Gasteiger charge is -2.21. The van der Waals surface area contributed by atoms with Gasteiger partial charge in [-0.15, -0.1) is 0 Å². The molecule has 206 valence electrons. The second-order valence-corrected chi connectivity index (χ2v) is 9.29. The third-order valence-corrected chi connectivity index (χ3v) is 6.31. The van der Waals surface area contributed by atoms with Crippen molar-refractivity contribution < 1.29 is 36.6 Å². The van der Waals surface area contributed by atoms with E-state index < -0.39 is 53.3 Å². The fourth-order valence-corrected chi connectivity index (χ4v) is 4.60. The van der Waals surface area contributed by atoms with E-state index in [0.29, 0.717) is 11.1 Å². The van der Waals surface area contributed by atoms with Crippen LogP contribution in [0.5, 0.6) is 0 Å². The maximum Gasteiger partial charge on any atom is 0.309 e. The summed E-state index contributed by atoms with van der Waals surface area (Å²) in [5.74, 6) is -6.07. The van der Waals surface area contributed by atoms with E-state index in [0.717, 1.165) is 36.4 Å². The standard InChI is InChI=1S/C32H26F4O4/c1-20(39-31(37)18-29(21-8-4-2-5-9-21)23-12-25(33)16-26(34)13-23)40-32(38)19-30(22-10-6-3-7-11-22)24-14-27(35)17-28(36)15-24/h2-17,20,29-30H,18-19H2,1H3. The minimum absolute atomic E-state index is 0.248. The fraction of sp³-hybridized carbons (Fsp3) is 0.188. The molecule has 4 aromatic carbocycles. The van der Waals surface area contributed by atoms with E-state index in [1.807, 2.05) is 0 Å². The quantitative estimate of drug-likeness (QED) is 0.117. The Morgan fingerprint density at radius 2 is 0.875 bits per heavy atom. The minimum Gasteiger partial charge on any atom is -0.425 e. The molecule has 0 aliphatic rings. The van der Waals surface area contributed by atoms with E-state index in [9.17, 15) is 27.2 Å². The molecule has 8 heteroatoms. The molecule has 0 spiro atoms. The number of rotatable bonds is 10. The Morgan fingerprint density at radius 1 is 0.550 bits per heavy atom. The smallest absolute Gasteiger partial charge is 0.309 e. The first-order valence-electron chi connectivity index (χ1n) is 12.6. The highest BCUT2D eigenvalue weighted by Crippen LogP contribution is 2.31. The zero-order chi connectivity index (χ0) is 28.6. The number of benzene rings is 4. The molecule has 0 saturated heterocycles. The third kappa shape index (κ3) is 7.79. The van der Waals surface area contributed by atoms with Crippen molar-refractivity contribution in [1.29, 1.82) is 0 Å². The summed E-state index contributed by atoms with van der Waals surface area (Å²) in [7, 11) is 0. The van der Waals surface area contributed by atoms with E-state index in [-0.39, 0.29) is 24.0 Å². The van der Waals surface area contributed by atoms with Crippen molar-refractivity contribution in [3.63, 3.8) is 0 Å². The second kappa shape index (κ2) is 13.1. The molecule has 2 atom stereocenters. The highest BCUT2D eigenvalue weighted by Gasteiger charge is 2.25. The van der Waals surface area contributed by atoms with Gasteiger partial charge < -0.3 is 9.47 Å². The van der Waals surface area contributed by atoms with Crippen LogP contribution in [0, 0.1) is 23.3 Å². The molecule has 0 amide bonds. The van der Waals surface area contributed by atoms with Crippen LogP contribution in [0.1, 0.15) is 53.9 Å². The summed E-state index contributed by atoms with van der Waals surface area (Å²) in [6.45, 7) is 1.36. The van der Waals surface area contributed by atoms with Gasteiger partial charge in [-0.2, -0.15) is 0 Å². The van der Waals surface area contributed by atoms with Crippen LogP contribution in [0.2, 0.25) is 0 Å². The highest BCUT2D eigenvalue weighted by atomic mass is 19.1. The Bertz CT molecular complexity index is 1310. The van der Waals surface area contributed by atoms with Gasteiger partial charge in [-0.25, -0.2) is 17.6 Å². The fourth-order valence-electron chi connectivity index (χ4n) is 4.60. The molecule has 4 aromatic rings. The van der Waals surface area contributed by atoms with E-state index in [4.69, 9.17) is 9.47 Å². The molecule has 0 bridgehead atoms. The van der Waals surface area contributed by atoms with Crippen LogP contribution in [-0.2, 0) is 19.1 Å². The molecule has 0 radical (unpaired) electrons. The molecule has 0 aromatic heterocycles. The second-order valence-electron chi connectivity index (χ2n) is 9.29. The predicted octanol–water partition coefficient (Wildman–Crippen LogP) is 7.42. The number of carbonyl (C=O) groups is 2. The molecule has 0 aliphatic carbocycles. The van der Waals surface area contributed by atoms with Gasteiger partial charge in [-0.3, -0.25) is 9.59 Å². The summed E-state index contributed by atoms with van der Waals surface area (Å²) in [5, 5.41) is 0. The lowest BCUT2D eigenvalue weighted by molar-refractivity contribution is -0.184. The number of halogens is 4.